The van der Waals surface area contributed by atoms with E-state index in [0.29, 0.717) is 0 Å². The Morgan fingerprint density at radius 2 is 1.90 bits per heavy atom. The van der Waals surface area contributed by atoms with Crippen LogP contribution in [0.1, 0.15) is 32.8 Å². The third-order valence-corrected chi connectivity index (χ3v) is 5.69. The lowest BCUT2D eigenvalue weighted by Crippen LogP contribution is -2.40. The van der Waals surface area contributed by atoms with E-state index in [1.807, 2.05) is 13.8 Å². The van der Waals surface area contributed by atoms with E-state index < -0.39 is 10.1 Å². The molecule has 0 aliphatic heterocycles. The van der Waals surface area contributed by atoms with Crippen molar-refractivity contribution in [2.24, 2.45) is 11.3 Å². The van der Waals surface area contributed by atoms with E-state index in [1.165, 1.54) is 5.57 Å². The number of hydrogen-bond acceptors (Lipinski definition) is 3. The molecule has 1 fully saturated rings. The zero-order valence-electron chi connectivity index (χ0n) is 12.5. The Balaban J connectivity index is 2.03. The number of rotatable bonds is 4. The fourth-order valence-corrected chi connectivity index (χ4v) is 3.57. The van der Waals surface area contributed by atoms with Gasteiger partial charge in [-0.25, -0.2) is 0 Å². The molecule has 0 N–H and O–H groups in total. The van der Waals surface area contributed by atoms with Crippen LogP contribution in [-0.4, -0.2) is 15.0 Å². The highest BCUT2D eigenvalue weighted by Gasteiger charge is 2.43. The molecule has 0 spiro atoms. The molecule has 0 aromatic heterocycles. The summed E-state index contributed by atoms with van der Waals surface area (Å²) in [5.74, 6) is 0.258. The SMILES string of the molecule is CC=C1CC(COS(=O)(=O)c2ccc(C)cc2)C1(C)C. The quantitative estimate of drug-likeness (QED) is 0.628. The van der Waals surface area contributed by atoms with Gasteiger partial charge in [-0.2, -0.15) is 8.42 Å². The maximum atomic E-state index is 12.1. The van der Waals surface area contributed by atoms with Crippen molar-refractivity contribution >= 4 is 10.1 Å². The number of allylic oxidation sites excluding steroid dienone is 2. The fraction of sp³-hybridized carbons (Fsp3) is 0.500. The second-order valence-corrected chi connectivity index (χ2v) is 7.60. The van der Waals surface area contributed by atoms with Crippen LogP contribution in [0.4, 0.5) is 0 Å². The van der Waals surface area contributed by atoms with Crippen molar-refractivity contribution in [3.05, 3.63) is 41.5 Å². The molecule has 0 radical (unpaired) electrons. The highest BCUT2D eigenvalue weighted by Crippen LogP contribution is 2.50. The molecule has 0 heterocycles. The molecule has 1 atom stereocenters. The summed E-state index contributed by atoms with van der Waals surface area (Å²) in [4.78, 5) is 0.228. The Morgan fingerprint density at radius 3 is 2.40 bits per heavy atom. The van der Waals surface area contributed by atoms with Crippen molar-refractivity contribution in [2.45, 2.75) is 39.0 Å². The fourth-order valence-electron chi connectivity index (χ4n) is 2.62. The predicted octanol–water partition coefficient (Wildman–Crippen LogP) is 3.69. The topological polar surface area (TPSA) is 43.4 Å². The predicted molar refractivity (Wildman–Crippen MR) is 80.0 cm³/mol. The molecule has 2 rings (SSSR count). The van der Waals surface area contributed by atoms with Gasteiger partial charge in [0.1, 0.15) is 0 Å². The van der Waals surface area contributed by atoms with E-state index in [1.54, 1.807) is 24.3 Å². The van der Waals surface area contributed by atoms with Gasteiger partial charge in [0.05, 0.1) is 11.5 Å². The van der Waals surface area contributed by atoms with Crippen molar-refractivity contribution in [1.29, 1.82) is 0 Å². The van der Waals surface area contributed by atoms with Crippen molar-refractivity contribution in [3.8, 4) is 0 Å². The van der Waals surface area contributed by atoms with E-state index in [9.17, 15) is 8.42 Å². The summed E-state index contributed by atoms with van der Waals surface area (Å²) < 4.78 is 29.5. The van der Waals surface area contributed by atoms with Crippen LogP contribution in [0.25, 0.3) is 0 Å². The second-order valence-electron chi connectivity index (χ2n) is 5.99. The molecule has 20 heavy (non-hydrogen) atoms. The minimum atomic E-state index is -3.64. The molecule has 1 aromatic carbocycles. The van der Waals surface area contributed by atoms with Gasteiger partial charge in [-0.15, -0.1) is 0 Å². The summed E-state index contributed by atoms with van der Waals surface area (Å²) in [6, 6.07) is 6.74. The summed E-state index contributed by atoms with van der Waals surface area (Å²) in [6.45, 7) is 8.47. The van der Waals surface area contributed by atoms with E-state index in [4.69, 9.17) is 4.18 Å². The standard InChI is InChI=1S/C16H22O3S/c1-5-13-10-14(16(13,3)4)11-19-20(17,18)15-8-6-12(2)7-9-15/h5-9,14H,10-11H2,1-4H3. The average Bonchev–Trinajstić information content (AvgIpc) is 2.38. The van der Waals surface area contributed by atoms with Crippen molar-refractivity contribution in [1.82, 2.24) is 0 Å². The van der Waals surface area contributed by atoms with Crippen molar-refractivity contribution in [3.63, 3.8) is 0 Å². The molecule has 4 heteroatoms. The Morgan fingerprint density at radius 1 is 1.30 bits per heavy atom. The Bertz CT molecular complexity index is 610. The van der Waals surface area contributed by atoms with Crippen LogP contribution < -0.4 is 0 Å². The zero-order valence-corrected chi connectivity index (χ0v) is 13.3. The Hall–Kier alpha value is -1.13. The first-order valence-electron chi connectivity index (χ1n) is 6.89. The van der Waals surface area contributed by atoms with Gasteiger partial charge in [0.25, 0.3) is 10.1 Å². The summed E-state index contributed by atoms with van der Waals surface area (Å²) in [5.41, 5.74) is 2.44. The molecule has 0 saturated heterocycles. The Labute approximate surface area is 121 Å². The van der Waals surface area contributed by atoms with Crippen molar-refractivity contribution in [2.75, 3.05) is 6.61 Å². The molecule has 0 bridgehead atoms. The van der Waals surface area contributed by atoms with Crippen LogP contribution in [-0.2, 0) is 14.3 Å². The van der Waals surface area contributed by atoms with Crippen LogP contribution in [0.5, 0.6) is 0 Å². The first-order valence-corrected chi connectivity index (χ1v) is 8.30. The maximum Gasteiger partial charge on any atom is 0.296 e. The largest absolute Gasteiger partial charge is 0.296 e. The average molecular weight is 294 g/mol. The third-order valence-electron chi connectivity index (χ3n) is 4.40. The van der Waals surface area contributed by atoms with Crippen LogP contribution in [0.3, 0.4) is 0 Å². The maximum absolute atomic E-state index is 12.1. The van der Waals surface area contributed by atoms with Gasteiger partial charge in [-0.3, -0.25) is 4.18 Å². The van der Waals surface area contributed by atoms with Crippen LogP contribution >= 0.6 is 0 Å². The van der Waals surface area contributed by atoms with Gasteiger partial charge >= 0.3 is 0 Å². The lowest BCUT2D eigenvalue weighted by atomic mass is 9.59. The van der Waals surface area contributed by atoms with Gasteiger partial charge in [-0.05, 0) is 43.7 Å². The molecule has 1 saturated carbocycles. The molecule has 1 aliphatic rings. The molecule has 1 unspecified atom stereocenters. The highest BCUT2D eigenvalue weighted by molar-refractivity contribution is 7.86. The third kappa shape index (κ3) is 2.81. The lowest BCUT2D eigenvalue weighted by Gasteiger charge is -2.47. The van der Waals surface area contributed by atoms with Gasteiger partial charge in [0.15, 0.2) is 0 Å². The molecule has 0 amide bonds. The zero-order chi connectivity index (χ0) is 15.0. The monoisotopic (exact) mass is 294 g/mol. The molecule has 1 aliphatic carbocycles. The summed E-state index contributed by atoms with van der Waals surface area (Å²) in [5, 5.41) is 0. The van der Waals surface area contributed by atoms with E-state index in [2.05, 4.69) is 19.9 Å². The van der Waals surface area contributed by atoms with E-state index >= 15 is 0 Å². The summed E-state index contributed by atoms with van der Waals surface area (Å²) >= 11 is 0. The van der Waals surface area contributed by atoms with E-state index in [0.717, 1.165) is 12.0 Å². The van der Waals surface area contributed by atoms with Gasteiger partial charge in [0.2, 0.25) is 0 Å². The van der Waals surface area contributed by atoms with Crippen LogP contribution in [0, 0.1) is 18.3 Å². The molecule has 3 nitrogen and oxygen atoms in total. The van der Waals surface area contributed by atoms with Gasteiger partial charge in [-0.1, -0.05) is 43.2 Å². The van der Waals surface area contributed by atoms with Crippen molar-refractivity contribution < 1.29 is 12.6 Å². The van der Waals surface area contributed by atoms with Crippen LogP contribution in [0.15, 0.2) is 40.8 Å². The smallest absolute Gasteiger partial charge is 0.266 e. The minimum absolute atomic E-state index is 0.0392. The summed E-state index contributed by atoms with van der Waals surface area (Å²) in [6.07, 6.45) is 3.04. The number of aryl methyl sites for hydroxylation is 1. The molecular formula is C16H22O3S. The van der Waals surface area contributed by atoms with E-state index in [-0.39, 0.29) is 22.8 Å². The lowest BCUT2D eigenvalue weighted by molar-refractivity contribution is 0.100. The second kappa shape index (κ2) is 5.34. The Kier molecular flexibility index (Phi) is 4.07. The molecule has 110 valence electrons. The molecule has 1 aromatic rings. The normalized spacial score (nSPS) is 23.6. The summed E-state index contributed by atoms with van der Waals surface area (Å²) in [7, 11) is -3.64. The first kappa shape index (κ1) is 15.3. The number of hydrogen-bond donors (Lipinski definition) is 0. The first-order chi connectivity index (χ1) is 9.27. The highest BCUT2D eigenvalue weighted by atomic mass is 32.2. The van der Waals surface area contributed by atoms with Crippen LogP contribution in [0.2, 0.25) is 0 Å². The van der Waals surface area contributed by atoms with Gasteiger partial charge < -0.3 is 0 Å². The van der Waals surface area contributed by atoms with Gasteiger partial charge in [0, 0.05) is 0 Å². The number of benzene rings is 1. The minimum Gasteiger partial charge on any atom is -0.266 e. The molecular weight excluding hydrogens is 272 g/mol.